The van der Waals surface area contributed by atoms with Crippen molar-refractivity contribution in [2.24, 2.45) is 16.5 Å². The predicted octanol–water partition coefficient (Wildman–Crippen LogP) is -1.54. The first kappa shape index (κ1) is 5.94. The van der Waals surface area contributed by atoms with Crippen LogP contribution in [0.1, 0.15) is 0 Å². The Morgan fingerprint density at radius 1 is 1.86 bits per heavy atom. The molecule has 40 valence electrons. The van der Waals surface area contributed by atoms with Gasteiger partial charge in [0, 0.05) is 0 Å². The molecule has 4 nitrogen and oxygen atoms in total. The lowest BCUT2D eigenvalue weighted by Crippen LogP contribution is -2.14. The molecule has 7 heavy (non-hydrogen) atoms. The molecule has 0 aromatic rings. The summed E-state index contributed by atoms with van der Waals surface area (Å²) in [6.07, 6.45) is 1.05. The number of hydrogen-bond acceptors (Lipinski definition) is 2. The highest BCUT2D eigenvalue weighted by Gasteiger charge is 1.83. The van der Waals surface area contributed by atoms with Gasteiger partial charge in [0.05, 0.1) is 6.34 Å². The summed E-state index contributed by atoms with van der Waals surface area (Å²) in [5.41, 5.74) is 9.45. The van der Waals surface area contributed by atoms with Gasteiger partial charge < -0.3 is 11.5 Å². The first-order valence-electron chi connectivity index (χ1n) is 1.75. The van der Waals surface area contributed by atoms with E-state index in [1.807, 2.05) is 0 Å². The van der Waals surface area contributed by atoms with Crippen molar-refractivity contribution in [3.63, 3.8) is 0 Å². The van der Waals surface area contributed by atoms with E-state index in [-0.39, 0.29) is 6.54 Å². The summed E-state index contributed by atoms with van der Waals surface area (Å²) in [6.45, 7) is -0.0174. The summed E-state index contributed by atoms with van der Waals surface area (Å²) >= 11 is 0. The molecular formula is C3H7N3O. The Hall–Kier alpha value is -1.06. The topological polar surface area (TPSA) is 81.5 Å². The van der Waals surface area contributed by atoms with Crippen LogP contribution in [0.25, 0.3) is 0 Å². The molecule has 1 amide bonds. The SMILES string of the molecule is NC=NCC(N)=O. The Morgan fingerprint density at radius 3 is 2.57 bits per heavy atom. The van der Waals surface area contributed by atoms with Gasteiger partial charge in [-0.1, -0.05) is 0 Å². The minimum atomic E-state index is -0.471. The van der Waals surface area contributed by atoms with E-state index in [1.54, 1.807) is 0 Å². The highest BCUT2D eigenvalue weighted by molar-refractivity contribution is 5.77. The molecule has 0 radical (unpaired) electrons. The van der Waals surface area contributed by atoms with E-state index in [9.17, 15) is 4.79 Å². The van der Waals surface area contributed by atoms with E-state index >= 15 is 0 Å². The monoisotopic (exact) mass is 101 g/mol. The largest absolute Gasteiger partial charge is 0.390 e. The molecule has 0 aliphatic carbocycles. The highest BCUT2D eigenvalue weighted by Crippen LogP contribution is 1.58. The fourth-order valence-electron chi connectivity index (χ4n) is 0.143. The quantitative estimate of drug-likeness (QED) is 0.326. The number of carbonyl (C=O) groups excluding carboxylic acids is 1. The van der Waals surface area contributed by atoms with Gasteiger partial charge in [-0.05, 0) is 0 Å². The molecule has 0 saturated heterocycles. The molecule has 0 heterocycles. The molecule has 0 unspecified atom stereocenters. The molecule has 0 aromatic heterocycles. The van der Waals surface area contributed by atoms with Gasteiger partial charge in [0.2, 0.25) is 5.91 Å². The molecule has 0 aliphatic heterocycles. The number of amides is 1. The van der Waals surface area contributed by atoms with Crippen molar-refractivity contribution in [1.82, 2.24) is 0 Å². The Bertz CT molecular complexity index is 88.2. The average Bonchev–Trinajstić information content (AvgIpc) is 1.61. The third kappa shape index (κ3) is 4.94. The Labute approximate surface area is 41.2 Å². The van der Waals surface area contributed by atoms with Crippen molar-refractivity contribution in [1.29, 1.82) is 0 Å². The smallest absolute Gasteiger partial charge is 0.239 e. The maximum absolute atomic E-state index is 9.81. The lowest BCUT2D eigenvalue weighted by atomic mass is 10.6. The van der Waals surface area contributed by atoms with Crippen LogP contribution in [0.3, 0.4) is 0 Å². The van der Waals surface area contributed by atoms with Crippen LogP contribution in [0.5, 0.6) is 0 Å². The fraction of sp³-hybridized carbons (Fsp3) is 0.333. The van der Waals surface area contributed by atoms with Gasteiger partial charge in [-0.3, -0.25) is 9.79 Å². The van der Waals surface area contributed by atoms with Crippen molar-refractivity contribution < 1.29 is 4.79 Å². The molecule has 0 fully saturated rings. The first-order chi connectivity index (χ1) is 3.27. The number of nitrogens with zero attached hydrogens (tertiary/aromatic N) is 1. The van der Waals surface area contributed by atoms with Crippen molar-refractivity contribution in [3.05, 3.63) is 0 Å². The van der Waals surface area contributed by atoms with Crippen LogP contribution >= 0.6 is 0 Å². The zero-order valence-electron chi connectivity index (χ0n) is 3.79. The maximum atomic E-state index is 9.81. The fourth-order valence-corrected chi connectivity index (χ4v) is 0.143. The second kappa shape index (κ2) is 3.14. The summed E-state index contributed by atoms with van der Waals surface area (Å²) in [5, 5.41) is 0. The van der Waals surface area contributed by atoms with Crippen LogP contribution in [0.2, 0.25) is 0 Å². The van der Waals surface area contributed by atoms with Gasteiger partial charge in [0.25, 0.3) is 0 Å². The van der Waals surface area contributed by atoms with Crippen LogP contribution in [0.15, 0.2) is 4.99 Å². The highest BCUT2D eigenvalue weighted by atomic mass is 16.1. The standard InChI is InChI=1S/C3H7N3O/c4-2-6-1-3(5)7/h2H,1H2,(H2,4,6)(H2,5,7). The van der Waals surface area contributed by atoms with Crippen LogP contribution in [-0.2, 0) is 4.79 Å². The summed E-state index contributed by atoms with van der Waals surface area (Å²) < 4.78 is 0. The van der Waals surface area contributed by atoms with Crippen molar-refractivity contribution in [2.75, 3.05) is 6.54 Å². The van der Waals surface area contributed by atoms with E-state index in [0.717, 1.165) is 6.34 Å². The summed E-state index contributed by atoms with van der Waals surface area (Å²) in [7, 11) is 0. The van der Waals surface area contributed by atoms with Crippen molar-refractivity contribution >= 4 is 12.2 Å². The van der Waals surface area contributed by atoms with E-state index in [0.29, 0.717) is 0 Å². The van der Waals surface area contributed by atoms with Gasteiger partial charge in [0.15, 0.2) is 0 Å². The predicted molar refractivity (Wildman–Crippen MR) is 26.7 cm³/mol. The van der Waals surface area contributed by atoms with E-state index in [1.165, 1.54) is 0 Å². The zero-order valence-corrected chi connectivity index (χ0v) is 3.79. The Morgan fingerprint density at radius 2 is 2.43 bits per heavy atom. The number of aliphatic imine (C=N–C) groups is 1. The summed E-state index contributed by atoms with van der Waals surface area (Å²) in [4.78, 5) is 13.2. The molecule has 0 rings (SSSR count). The second-order valence-electron chi connectivity index (χ2n) is 0.956. The summed E-state index contributed by atoms with van der Waals surface area (Å²) in [6, 6.07) is 0. The van der Waals surface area contributed by atoms with Crippen LogP contribution < -0.4 is 11.5 Å². The van der Waals surface area contributed by atoms with Gasteiger partial charge >= 0.3 is 0 Å². The van der Waals surface area contributed by atoms with E-state index in [2.05, 4.69) is 10.7 Å². The Kier molecular flexibility index (Phi) is 2.67. The molecule has 0 atom stereocenters. The normalized spacial score (nSPS) is 9.71. The number of hydrogen-bond donors (Lipinski definition) is 2. The maximum Gasteiger partial charge on any atom is 0.239 e. The Balaban J connectivity index is 3.14. The molecule has 0 bridgehead atoms. The second-order valence-corrected chi connectivity index (χ2v) is 0.956. The third-order valence-corrected chi connectivity index (χ3v) is 0.353. The molecule has 4 heteroatoms. The molecular weight excluding hydrogens is 94.1 g/mol. The molecule has 0 spiro atoms. The summed E-state index contributed by atoms with van der Waals surface area (Å²) in [5.74, 6) is -0.471. The van der Waals surface area contributed by atoms with Crippen molar-refractivity contribution in [2.45, 2.75) is 0 Å². The van der Waals surface area contributed by atoms with Crippen LogP contribution in [-0.4, -0.2) is 18.8 Å². The van der Waals surface area contributed by atoms with Crippen LogP contribution in [0.4, 0.5) is 0 Å². The number of nitrogens with two attached hydrogens (primary N) is 2. The number of primary amides is 1. The zero-order chi connectivity index (χ0) is 5.70. The number of carbonyl (C=O) groups is 1. The molecule has 0 saturated carbocycles. The van der Waals surface area contributed by atoms with Crippen molar-refractivity contribution in [3.8, 4) is 0 Å². The average molecular weight is 101 g/mol. The van der Waals surface area contributed by atoms with Gasteiger partial charge in [-0.25, -0.2) is 0 Å². The lowest BCUT2D eigenvalue weighted by Gasteiger charge is -1.79. The minimum absolute atomic E-state index is 0.0174. The number of rotatable bonds is 2. The third-order valence-electron chi connectivity index (χ3n) is 0.353. The van der Waals surface area contributed by atoms with Gasteiger partial charge in [-0.15, -0.1) is 0 Å². The van der Waals surface area contributed by atoms with E-state index < -0.39 is 5.91 Å². The van der Waals surface area contributed by atoms with Gasteiger partial charge in [-0.2, -0.15) is 0 Å². The first-order valence-corrected chi connectivity index (χ1v) is 1.75. The van der Waals surface area contributed by atoms with Gasteiger partial charge in [0.1, 0.15) is 6.54 Å². The molecule has 4 N–H and O–H groups in total. The van der Waals surface area contributed by atoms with E-state index in [4.69, 9.17) is 5.73 Å². The van der Waals surface area contributed by atoms with Crippen LogP contribution in [0, 0.1) is 0 Å². The lowest BCUT2D eigenvalue weighted by molar-refractivity contribution is -0.116. The molecule has 0 aliphatic rings. The minimum Gasteiger partial charge on any atom is -0.390 e. The molecule has 0 aromatic carbocycles.